The number of nitrogen functional groups attached to an aromatic ring is 1. The molecule has 0 aliphatic heterocycles. The van der Waals surface area contributed by atoms with E-state index in [-0.39, 0.29) is 0 Å². The molecule has 0 amide bonds. The van der Waals surface area contributed by atoms with Crippen LogP contribution in [-0.4, -0.2) is 9.55 Å². The van der Waals surface area contributed by atoms with Gasteiger partial charge in [-0.05, 0) is 30.7 Å². The highest BCUT2D eigenvalue weighted by Crippen LogP contribution is 2.17. The van der Waals surface area contributed by atoms with Gasteiger partial charge in [0, 0.05) is 12.2 Å². The van der Waals surface area contributed by atoms with Crippen LogP contribution in [0, 0.1) is 6.92 Å². The van der Waals surface area contributed by atoms with Gasteiger partial charge < -0.3 is 10.3 Å². The van der Waals surface area contributed by atoms with E-state index in [2.05, 4.69) is 40.7 Å². The first-order valence-electron chi connectivity index (χ1n) is 5.98. The van der Waals surface area contributed by atoms with E-state index in [1.807, 2.05) is 24.5 Å². The van der Waals surface area contributed by atoms with Crippen molar-refractivity contribution in [3.63, 3.8) is 0 Å². The summed E-state index contributed by atoms with van der Waals surface area (Å²) < 4.78 is 2.14. The van der Waals surface area contributed by atoms with Gasteiger partial charge in [-0.3, -0.25) is 0 Å². The largest absolute Gasteiger partial charge is 0.399 e. The van der Waals surface area contributed by atoms with E-state index in [0.717, 1.165) is 23.3 Å². The van der Waals surface area contributed by atoms with Crippen LogP contribution in [0.15, 0.2) is 48.8 Å². The summed E-state index contributed by atoms with van der Waals surface area (Å²) >= 11 is 0. The van der Waals surface area contributed by atoms with Gasteiger partial charge in [-0.25, -0.2) is 4.98 Å². The molecule has 3 heteroatoms. The molecule has 0 bridgehead atoms. The zero-order chi connectivity index (χ0) is 12.5. The molecule has 0 fully saturated rings. The zero-order valence-corrected chi connectivity index (χ0v) is 10.3. The summed E-state index contributed by atoms with van der Waals surface area (Å²) in [4.78, 5) is 4.38. The lowest BCUT2D eigenvalue weighted by atomic mass is 10.1. The molecule has 0 aliphatic carbocycles. The van der Waals surface area contributed by atoms with Crippen molar-refractivity contribution in [2.24, 2.45) is 0 Å². The smallest absolute Gasteiger partial charge is 0.0961 e. The van der Waals surface area contributed by atoms with E-state index in [0.29, 0.717) is 0 Å². The van der Waals surface area contributed by atoms with Crippen molar-refractivity contribution in [3.8, 4) is 0 Å². The van der Waals surface area contributed by atoms with E-state index < -0.39 is 0 Å². The van der Waals surface area contributed by atoms with E-state index in [9.17, 15) is 0 Å². The molecule has 0 spiro atoms. The third-order valence-electron chi connectivity index (χ3n) is 3.12. The Balaban J connectivity index is 1.97. The van der Waals surface area contributed by atoms with Crippen LogP contribution in [0.4, 0.5) is 5.69 Å². The molecule has 18 heavy (non-hydrogen) atoms. The fraction of sp³-hybridized carbons (Fsp3) is 0.133. The lowest BCUT2D eigenvalue weighted by Crippen LogP contribution is -1.97. The Morgan fingerprint density at radius 2 is 1.89 bits per heavy atom. The van der Waals surface area contributed by atoms with Gasteiger partial charge in [0.05, 0.1) is 17.4 Å². The van der Waals surface area contributed by atoms with Gasteiger partial charge in [-0.15, -0.1) is 0 Å². The highest BCUT2D eigenvalue weighted by atomic mass is 15.0. The number of hydrogen-bond acceptors (Lipinski definition) is 2. The molecule has 2 N–H and O–H groups in total. The molecule has 0 saturated heterocycles. The molecule has 3 nitrogen and oxygen atoms in total. The molecule has 1 aromatic heterocycles. The molecule has 0 radical (unpaired) electrons. The molecule has 3 rings (SSSR count). The molecular formula is C15H15N3. The molecule has 0 unspecified atom stereocenters. The Morgan fingerprint density at radius 1 is 1.11 bits per heavy atom. The maximum absolute atomic E-state index is 5.75. The fourth-order valence-electron chi connectivity index (χ4n) is 2.10. The van der Waals surface area contributed by atoms with Crippen LogP contribution in [0.25, 0.3) is 11.0 Å². The number of nitrogens with zero attached hydrogens (tertiary/aromatic N) is 2. The third kappa shape index (κ3) is 1.95. The first-order chi connectivity index (χ1) is 8.72. The van der Waals surface area contributed by atoms with Gasteiger partial charge in [0.15, 0.2) is 0 Å². The lowest BCUT2D eigenvalue weighted by Gasteiger charge is -2.05. The van der Waals surface area contributed by atoms with Crippen LogP contribution in [-0.2, 0) is 6.54 Å². The van der Waals surface area contributed by atoms with E-state index in [1.54, 1.807) is 0 Å². The first kappa shape index (κ1) is 10.8. The van der Waals surface area contributed by atoms with Gasteiger partial charge >= 0.3 is 0 Å². The van der Waals surface area contributed by atoms with Crippen molar-refractivity contribution in [1.29, 1.82) is 0 Å². The number of hydrogen-bond donors (Lipinski definition) is 1. The van der Waals surface area contributed by atoms with Crippen molar-refractivity contribution >= 4 is 16.7 Å². The Labute approximate surface area is 106 Å². The minimum atomic E-state index is 0.753. The van der Waals surface area contributed by atoms with Crippen molar-refractivity contribution in [2.45, 2.75) is 13.5 Å². The summed E-state index contributed by atoms with van der Waals surface area (Å²) in [5, 5.41) is 0. The van der Waals surface area contributed by atoms with E-state index in [4.69, 9.17) is 5.73 Å². The normalized spacial score (nSPS) is 10.9. The maximum Gasteiger partial charge on any atom is 0.0961 e. The predicted molar refractivity (Wildman–Crippen MR) is 74.4 cm³/mol. The number of nitrogens with two attached hydrogens (primary N) is 1. The number of rotatable bonds is 2. The number of imidazole rings is 1. The monoisotopic (exact) mass is 237 g/mol. The van der Waals surface area contributed by atoms with Gasteiger partial charge in [-0.2, -0.15) is 0 Å². The first-order valence-corrected chi connectivity index (χ1v) is 5.98. The summed E-state index contributed by atoms with van der Waals surface area (Å²) in [6.07, 6.45) is 1.87. The van der Waals surface area contributed by atoms with Crippen LogP contribution < -0.4 is 5.73 Å². The molecule has 0 aliphatic rings. The van der Waals surface area contributed by atoms with Gasteiger partial charge in [-0.1, -0.05) is 29.8 Å². The summed E-state index contributed by atoms with van der Waals surface area (Å²) in [6.45, 7) is 2.93. The van der Waals surface area contributed by atoms with Gasteiger partial charge in [0.25, 0.3) is 0 Å². The summed E-state index contributed by atoms with van der Waals surface area (Å²) in [7, 11) is 0. The summed E-state index contributed by atoms with van der Waals surface area (Å²) in [6, 6.07) is 14.4. The SMILES string of the molecule is Cc1ccc(Cn2cnc3cc(N)ccc32)cc1. The van der Waals surface area contributed by atoms with Gasteiger partial charge in [0.1, 0.15) is 0 Å². The minimum Gasteiger partial charge on any atom is -0.399 e. The molecule has 1 heterocycles. The highest BCUT2D eigenvalue weighted by Gasteiger charge is 2.03. The van der Waals surface area contributed by atoms with Crippen molar-refractivity contribution in [1.82, 2.24) is 9.55 Å². The molecular weight excluding hydrogens is 222 g/mol. The maximum atomic E-state index is 5.75. The molecule has 0 saturated carbocycles. The number of aromatic nitrogens is 2. The Morgan fingerprint density at radius 3 is 2.67 bits per heavy atom. The van der Waals surface area contributed by atoms with Crippen LogP contribution in [0.2, 0.25) is 0 Å². The van der Waals surface area contributed by atoms with Gasteiger partial charge in [0.2, 0.25) is 0 Å². The average molecular weight is 237 g/mol. The quantitative estimate of drug-likeness (QED) is 0.696. The van der Waals surface area contributed by atoms with Crippen molar-refractivity contribution in [3.05, 3.63) is 59.9 Å². The van der Waals surface area contributed by atoms with Crippen molar-refractivity contribution < 1.29 is 0 Å². The number of aryl methyl sites for hydroxylation is 1. The Hall–Kier alpha value is -2.29. The summed E-state index contributed by atoms with van der Waals surface area (Å²) in [5.41, 5.74) is 11.1. The number of fused-ring (bicyclic) bond motifs is 1. The molecule has 0 atom stereocenters. The second-order valence-electron chi connectivity index (χ2n) is 4.61. The molecule has 2 aromatic carbocycles. The number of benzene rings is 2. The van der Waals surface area contributed by atoms with Crippen LogP contribution in [0.5, 0.6) is 0 Å². The predicted octanol–water partition coefficient (Wildman–Crippen LogP) is 2.98. The summed E-state index contributed by atoms with van der Waals surface area (Å²) in [5.74, 6) is 0. The second-order valence-corrected chi connectivity index (χ2v) is 4.61. The Kier molecular flexibility index (Phi) is 2.52. The zero-order valence-electron chi connectivity index (χ0n) is 10.3. The second kappa shape index (κ2) is 4.18. The van der Waals surface area contributed by atoms with Crippen molar-refractivity contribution in [2.75, 3.05) is 5.73 Å². The minimum absolute atomic E-state index is 0.753. The molecule has 3 aromatic rings. The fourth-order valence-corrected chi connectivity index (χ4v) is 2.10. The Bertz CT molecular complexity index is 681. The standard InChI is InChI=1S/C15H15N3/c1-11-2-4-12(5-3-11)9-18-10-17-14-8-13(16)6-7-15(14)18/h2-8,10H,9,16H2,1H3. The van der Waals surface area contributed by atoms with E-state index >= 15 is 0 Å². The molecule has 90 valence electrons. The van der Waals surface area contributed by atoms with Crippen LogP contribution in [0.3, 0.4) is 0 Å². The highest BCUT2D eigenvalue weighted by molar-refractivity contribution is 5.79. The van der Waals surface area contributed by atoms with E-state index in [1.165, 1.54) is 11.1 Å². The average Bonchev–Trinajstić information content (AvgIpc) is 2.74. The number of anilines is 1. The van der Waals surface area contributed by atoms with Crippen LogP contribution >= 0.6 is 0 Å². The van der Waals surface area contributed by atoms with Crippen LogP contribution in [0.1, 0.15) is 11.1 Å². The third-order valence-corrected chi connectivity index (χ3v) is 3.12. The topological polar surface area (TPSA) is 43.8 Å². The lowest BCUT2D eigenvalue weighted by molar-refractivity contribution is 0.824.